The van der Waals surface area contributed by atoms with Gasteiger partial charge in [0.2, 0.25) is 0 Å². The molecule has 0 aromatic heterocycles. The van der Waals surface area contributed by atoms with E-state index < -0.39 is 13.6 Å². The van der Waals surface area contributed by atoms with E-state index in [1.165, 1.54) is 21.3 Å². The first-order valence-electron chi connectivity index (χ1n) is 3.56. The average Bonchev–Trinajstić information content (AvgIpc) is 2.17. The van der Waals surface area contributed by atoms with Crippen molar-refractivity contribution in [1.82, 2.24) is 5.32 Å². The van der Waals surface area contributed by atoms with Crippen LogP contribution in [-0.4, -0.2) is 40.1 Å². The van der Waals surface area contributed by atoms with E-state index in [2.05, 4.69) is 19.1 Å². The highest BCUT2D eigenvalue weighted by atomic mass is 31.2. The van der Waals surface area contributed by atoms with Crippen LogP contribution < -0.4 is 5.32 Å². The molecule has 0 unspecified atom stereocenters. The molecule has 0 spiro atoms. The number of carbonyl (C=O) groups is 1. The van der Waals surface area contributed by atoms with Crippen LogP contribution in [0.5, 0.6) is 0 Å². The van der Waals surface area contributed by atoms with Crippen molar-refractivity contribution in [1.29, 1.82) is 0 Å². The average molecular weight is 211 g/mol. The Kier molecular flexibility index (Phi) is 5.90. The van der Waals surface area contributed by atoms with Gasteiger partial charge in [0.05, 0.1) is 19.9 Å². The second kappa shape index (κ2) is 6.10. The minimum Gasteiger partial charge on any atom is -0.468 e. The van der Waals surface area contributed by atoms with Gasteiger partial charge in [0.1, 0.15) is 0 Å². The molecule has 0 aromatic carbocycles. The van der Waals surface area contributed by atoms with Gasteiger partial charge in [-0.1, -0.05) is 0 Å². The van der Waals surface area contributed by atoms with Crippen LogP contribution in [0.4, 0.5) is 0 Å². The van der Waals surface area contributed by atoms with Gasteiger partial charge in [-0.2, -0.15) is 0 Å². The summed E-state index contributed by atoms with van der Waals surface area (Å²) < 4.78 is 25.0. The number of esters is 1. The van der Waals surface area contributed by atoms with Crippen LogP contribution in [-0.2, 0) is 23.1 Å². The molecule has 6 nitrogen and oxygen atoms in total. The fourth-order valence-corrected chi connectivity index (χ4v) is 1.36. The lowest BCUT2D eigenvalue weighted by atomic mass is 10.7. The first-order chi connectivity index (χ1) is 6.08. The quantitative estimate of drug-likeness (QED) is 0.499. The minimum absolute atomic E-state index is 0.0188. The van der Waals surface area contributed by atoms with E-state index in [4.69, 9.17) is 0 Å². The number of nitrogens with one attached hydrogen (secondary N) is 1. The van der Waals surface area contributed by atoms with Crippen molar-refractivity contribution in [3.63, 3.8) is 0 Å². The molecule has 13 heavy (non-hydrogen) atoms. The van der Waals surface area contributed by atoms with Crippen LogP contribution in [0.1, 0.15) is 0 Å². The molecule has 1 N–H and O–H groups in total. The SMILES string of the molecule is COC(=O)CNCP(=O)(OC)OC. The van der Waals surface area contributed by atoms with Crippen molar-refractivity contribution in [2.45, 2.75) is 0 Å². The van der Waals surface area contributed by atoms with Gasteiger partial charge in [-0.3, -0.25) is 14.7 Å². The number of carbonyl (C=O) groups excluding carboxylic acids is 1. The monoisotopic (exact) mass is 211 g/mol. The summed E-state index contributed by atoms with van der Waals surface area (Å²) in [7, 11) is 0.771. The predicted octanol–water partition coefficient (Wildman–Crippen LogP) is 0.192. The van der Waals surface area contributed by atoms with Crippen molar-refractivity contribution < 1.29 is 23.1 Å². The zero-order valence-electron chi connectivity index (χ0n) is 7.90. The maximum absolute atomic E-state index is 11.4. The van der Waals surface area contributed by atoms with Crippen LogP contribution in [0.25, 0.3) is 0 Å². The summed E-state index contributed by atoms with van der Waals surface area (Å²) in [6.45, 7) is -0.0206. The molecule has 0 atom stereocenters. The van der Waals surface area contributed by atoms with Crippen molar-refractivity contribution in [3.05, 3.63) is 0 Å². The van der Waals surface area contributed by atoms with Crippen LogP contribution in [0.2, 0.25) is 0 Å². The molecule has 0 aliphatic carbocycles. The van der Waals surface area contributed by atoms with E-state index in [9.17, 15) is 9.36 Å². The summed E-state index contributed by atoms with van der Waals surface area (Å²) in [5.41, 5.74) is 0. The van der Waals surface area contributed by atoms with E-state index >= 15 is 0 Å². The highest BCUT2D eigenvalue weighted by Crippen LogP contribution is 2.44. The summed E-state index contributed by atoms with van der Waals surface area (Å²) in [6.07, 6.45) is -0.0188. The maximum atomic E-state index is 11.4. The van der Waals surface area contributed by atoms with Crippen LogP contribution in [0.3, 0.4) is 0 Å². The minimum atomic E-state index is -3.07. The lowest BCUT2D eigenvalue weighted by Crippen LogP contribution is -2.25. The Labute approximate surface area is 77.1 Å². The molecular weight excluding hydrogens is 197 g/mol. The fraction of sp³-hybridized carbons (Fsp3) is 0.833. The lowest BCUT2D eigenvalue weighted by Gasteiger charge is -2.13. The Hall–Kier alpha value is -0.420. The van der Waals surface area contributed by atoms with E-state index in [0.717, 1.165) is 0 Å². The molecule has 0 bridgehead atoms. The summed E-state index contributed by atoms with van der Waals surface area (Å²) in [5, 5.41) is 2.59. The van der Waals surface area contributed by atoms with Gasteiger partial charge in [0, 0.05) is 14.2 Å². The smallest absolute Gasteiger partial charge is 0.343 e. The highest BCUT2D eigenvalue weighted by molar-refractivity contribution is 7.53. The number of ether oxygens (including phenoxy) is 1. The third-order valence-electron chi connectivity index (χ3n) is 1.36. The normalized spacial score (nSPS) is 11.3. The molecule has 0 heterocycles. The molecule has 0 rings (SSSR count). The van der Waals surface area contributed by atoms with Crippen molar-refractivity contribution >= 4 is 13.6 Å². The molecule has 0 fully saturated rings. The van der Waals surface area contributed by atoms with Crippen molar-refractivity contribution in [3.8, 4) is 0 Å². The van der Waals surface area contributed by atoms with Gasteiger partial charge < -0.3 is 13.8 Å². The van der Waals surface area contributed by atoms with Gasteiger partial charge >= 0.3 is 13.6 Å². The van der Waals surface area contributed by atoms with E-state index in [0.29, 0.717) is 0 Å². The van der Waals surface area contributed by atoms with Gasteiger partial charge in [-0.15, -0.1) is 0 Å². The first kappa shape index (κ1) is 12.6. The molecule has 78 valence electrons. The van der Waals surface area contributed by atoms with E-state index in [1.54, 1.807) is 0 Å². The fourth-order valence-electron chi connectivity index (χ4n) is 0.571. The molecular formula is C6H14NO5P. The number of rotatable bonds is 6. The second-order valence-corrected chi connectivity index (χ2v) is 4.41. The summed E-state index contributed by atoms with van der Waals surface area (Å²) in [4.78, 5) is 10.6. The van der Waals surface area contributed by atoms with Gasteiger partial charge in [0.15, 0.2) is 0 Å². The molecule has 0 radical (unpaired) electrons. The Morgan fingerprint density at radius 2 is 1.85 bits per heavy atom. The molecule has 0 aliphatic rings. The summed E-state index contributed by atoms with van der Waals surface area (Å²) in [5.74, 6) is -0.432. The van der Waals surface area contributed by atoms with Crippen LogP contribution in [0, 0.1) is 0 Å². The third kappa shape index (κ3) is 5.00. The maximum Gasteiger partial charge on any atom is 0.343 e. The predicted molar refractivity (Wildman–Crippen MR) is 46.5 cm³/mol. The van der Waals surface area contributed by atoms with Crippen LogP contribution in [0.15, 0.2) is 0 Å². The molecule has 0 saturated carbocycles. The molecule has 0 saturated heterocycles. The van der Waals surface area contributed by atoms with Crippen molar-refractivity contribution in [2.24, 2.45) is 0 Å². The number of hydrogen-bond acceptors (Lipinski definition) is 6. The topological polar surface area (TPSA) is 73.9 Å². The molecule has 0 aromatic rings. The first-order valence-corrected chi connectivity index (χ1v) is 5.29. The van der Waals surface area contributed by atoms with E-state index in [1.807, 2.05) is 0 Å². The molecule has 0 amide bonds. The zero-order valence-corrected chi connectivity index (χ0v) is 8.80. The highest BCUT2D eigenvalue weighted by Gasteiger charge is 2.20. The molecule has 7 heteroatoms. The van der Waals surface area contributed by atoms with Crippen LogP contribution >= 0.6 is 7.60 Å². The van der Waals surface area contributed by atoms with Gasteiger partial charge in [-0.05, 0) is 0 Å². The second-order valence-electron chi connectivity index (χ2n) is 2.14. The summed E-state index contributed by atoms with van der Waals surface area (Å²) in [6, 6.07) is 0. The number of methoxy groups -OCH3 is 1. The summed E-state index contributed by atoms with van der Waals surface area (Å²) >= 11 is 0. The molecule has 0 aliphatic heterocycles. The van der Waals surface area contributed by atoms with Crippen molar-refractivity contribution in [2.75, 3.05) is 34.2 Å². The number of hydrogen-bond donors (Lipinski definition) is 1. The Morgan fingerprint density at radius 1 is 1.31 bits per heavy atom. The lowest BCUT2D eigenvalue weighted by molar-refractivity contribution is -0.139. The zero-order chi connectivity index (χ0) is 10.3. The third-order valence-corrected chi connectivity index (χ3v) is 3.08. The Balaban J connectivity index is 3.74. The van der Waals surface area contributed by atoms with Gasteiger partial charge in [0.25, 0.3) is 0 Å². The Morgan fingerprint density at radius 3 is 2.23 bits per heavy atom. The van der Waals surface area contributed by atoms with E-state index in [-0.39, 0.29) is 12.8 Å². The largest absolute Gasteiger partial charge is 0.468 e. The van der Waals surface area contributed by atoms with Gasteiger partial charge in [-0.25, -0.2) is 0 Å². The Bertz CT molecular complexity index is 199. The standard InChI is InChI=1S/C6H14NO5P/c1-10-6(8)4-7-5-13(9,11-2)12-3/h7H,4-5H2,1-3H3.